The van der Waals surface area contributed by atoms with Crippen LogP contribution in [0.3, 0.4) is 0 Å². The van der Waals surface area contributed by atoms with E-state index in [1.54, 1.807) is 6.07 Å². The fraction of sp³-hybridized carbons (Fsp3) is 0.619. The first-order valence-electron chi connectivity index (χ1n) is 10.4. The van der Waals surface area contributed by atoms with E-state index in [4.69, 9.17) is 9.47 Å². The molecule has 1 saturated heterocycles. The Morgan fingerprint density at radius 3 is 2.70 bits per heavy atom. The Hall–Kier alpha value is -2.68. The van der Waals surface area contributed by atoms with Gasteiger partial charge in [-0.2, -0.15) is 0 Å². The molecule has 164 valence electrons. The van der Waals surface area contributed by atoms with Gasteiger partial charge in [0.05, 0.1) is 23.7 Å². The first-order chi connectivity index (χ1) is 14.4. The summed E-state index contributed by atoms with van der Waals surface area (Å²) in [5.41, 5.74) is 0.324. The molecule has 1 heterocycles. The molecule has 1 aliphatic heterocycles. The van der Waals surface area contributed by atoms with Gasteiger partial charge in [-0.3, -0.25) is 14.9 Å². The van der Waals surface area contributed by atoms with Crippen LogP contribution < -0.4 is 10.2 Å². The molecule has 30 heavy (non-hydrogen) atoms. The van der Waals surface area contributed by atoms with Crippen LogP contribution >= 0.6 is 0 Å². The van der Waals surface area contributed by atoms with Gasteiger partial charge in [-0.05, 0) is 30.4 Å². The molecule has 0 spiro atoms. The Morgan fingerprint density at radius 1 is 1.27 bits per heavy atom. The molecule has 1 N–H and O–H groups in total. The number of nitro groups is 1. The van der Waals surface area contributed by atoms with Crippen molar-refractivity contribution >= 4 is 23.3 Å². The lowest BCUT2D eigenvalue weighted by Gasteiger charge is -2.34. The van der Waals surface area contributed by atoms with E-state index in [9.17, 15) is 19.7 Å². The van der Waals surface area contributed by atoms with Crippen LogP contribution in [0.2, 0.25) is 0 Å². The first-order valence-corrected chi connectivity index (χ1v) is 10.4. The van der Waals surface area contributed by atoms with Crippen molar-refractivity contribution < 1.29 is 24.0 Å². The molecule has 0 aromatic heterocycles. The smallest absolute Gasteiger partial charge is 0.338 e. The summed E-state index contributed by atoms with van der Waals surface area (Å²) in [5, 5.41) is 14.5. The molecule has 9 heteroatoms. The summed E-state index contributed by atoms with van der Waals surface area (Å²) in [7, 11) is 0. The zero-order valence-corrected chi connectivity index (χ0v) is 17.5. The number of esters is 1. The lowest BCUT2D eigenvalue weighted by atomic mass is 9.78. The number of amides is 1. The second-order valence-corrected chi connectivity index (χ2v) is 8.08. The molecule has 0 unspecified atom stereocenters. The highest BCUT2D eigenvalue weighted by Gasteiger charge is 2.28. The van der Waals surface area contributed by atoms with E-state index in [0.29, 0.717) is 43.8 Å². The Kier molecular flexibility index (Phi) is 7.25. The van der Waals surface area contributed by atoms with E-state index in [0.717, 1.165) is 19.3 Å². The Morgan fingerprint density at radius 2 is 2.00 bits per heavy atom. The van der Waals surface area contributed by atoms with Crippen molar-refractivity contribution in [3.8, 4) is 0 Å². The van der Waals surface area contributed by atoms with Crippen LogP contribution in [-0.2, 0) is 14.3 Å². The number of hydrogen-bond donors (Lipinski definition) is 1. The number of nitro benzene ring substituents is 1. The van der Waals surface area contributed by atoms with E-state index >= 15 is 0 Å². The van der Waals surface area contributed by atoms with Gasteiger partial charge in [0.15, 0.2) is 6.61 Å². The molecule has 1 aliphatic carbocycles. The maximum absolute atomic E-state index is 12.4. The zero-order valence-electron chi connectivity index (χ0n) is 17.5. The number of rotatable bonds is 6. The van der Waals surface area contributed by atoms with E-state index in [1.165, 1.54) is 12.1 Å². The number of anilines is 1. The highest BCUT2D eigenvalue weighted by Crippen LogP contribution is 2.31. The molecular formula is C21H29N3O6. The van der Waals surface area contributed by atoms with Crippen LogP contribution in [-0.4, -0.2) is 55.8 Å². The summed E-state index contributed by atoms with van der Waals surface area (Å²) in [4.78, 5) is 37.4. The fourth-order valence-corrected chi connectivity index (χ4v) is 4.12. The van der Waals surface area contributed by atoms with Crippen LogP contribution in [0.5, 0.6) is 0 Å². The monoisotopic (exact) mass is 419 g/mol. The zero-order chi connectivity index (χ0) is 21.7. The quantitative estimate of drug-likeness (QED) is 0.428. The molecule has 1 aromatic rings. The molecule has 2 fully saturated rings. The topological polar surface area (TPSA) is 111 Å². The average Bonchev–Trinajstić information content (AvgIpc) is 2.75. The molecule has 0 bridgehead atoms. The van der Waals surface area contributed by atoms with Crippen LogP contribution in [0.15, 0.2) is 18.2 Å². The van der Waals surface area contributed by atoms with Crippen molar-refractivity contribution in [2.24, 2.45) is 11.8 Å². The molecule has 2 aliphatic rings. The van der Waals surface area contributed by atoms with Crippen molar-refractivity contribution in [1.29, 1.82) is 0 Å². The summed E-state index contributed by atoms with van der Waals surface area (Å²) in [6.45, 7) is 5.97. The summed E-state index contributed by atoms with van der Waals surface area (Å²) < 4.78 is 10.4. The van der Waals surface area contributed by atoms with Gasteiger partial charge in [0.1, 0.15) is 5.69 Å². The molecule has 3 atom stereocenters. The minimum atomic E-state index is -0.758. The number of carbonyl (C=O) groups is 2. The minimum absolute atomic E-state index is 0.0474. The summed E-state index contributed by atoms with van der Waals surface area (Å²) in [6.07, 6.45) is 3.14. The third-order valence-electron chi connectivity index (χ3n) is 6.15. The Bertz CT molecular complexity index is 793. The van der Waals surface area contributed by atoms with Crippen molar-refractivity contribution in [3.63, 3.8) is 0 Å². The minimum Gasteiger partial charge on any atom is -0.452 e. The summed E-state index contributed by atoms with van der Waals surface area (Å²) in [6, 6.07) is 4.32. The molecule has 9 nitrogen and oxygen atoms in total. The van der Waals surface area contributed by atoms with Crippen LogP contribution in [0.1, 0.15) is 43.5 Å². The van der Waals surface area contributed by atoms with E-state index in [2.05, 4.69) is 19.2 Å². The largest absolute Gasteiger partial charge is 0.452 e. The molecule has 1 aromatic carbocycles. The van der Waals surface area contributed by atoms with Gasteiger partial charge in [0.25, 0.3) is 11.6 Å². The molecule has 0 radical (unpaired) electrons. The van der Waals surface area contributed by atoms with E-state index in [1.807, 2.05) is 4.90 Å². The molecule has 3 rings (SSSR count). The predicted molar refractivity (Wildman–Crippen MR) is 111 cm³/mol. The third-order valence-corrected chi connectivity index (χ3v) is 6.15. The molecule has 1 amide bonds. The predicted octanol–water partition coefficient (Wildman–Crippen LogP) is 2.53. The van der Waals surface area contributed by atoms with E-state index < -0.39 is 17.5 Å². The second-order valence-electron chi connectivity index (χ2n) is 8.08. The fourth-order valence-electron chi connectivity index (χ4n) is 4.12. The number of hydrogen-bond acceptors (Lipinski definition) is 7. The summed E-state index contributed by atoms with van der Waals surface area (Å²) >= 11 is 0. The second kappa shape index (κ2) is 9.88. The van der Waals surface area contributed by atoms with Gasteiger partial charge < -0.3 is 19.7 Å². The maximum atomic E-state index is 12.4. The van der Waals surface area contributed by atoms with Crippen LogP contribution in [0.25, 0.3) is 0 Å². The van der Waals surface area contributed by atoms with E-state index in [-0.39, 0.29) is 23.2 Å². The number of nitrogens with zero attached hydrogens (tertiary/aromatic N) is 2. The maximum Gasteiger partial charge on any atom is 0.338 e. The SMILES string of the molecule is C[C@H]1[C@H](C)CCC[C@@H]1NC(=O)COC(=O)c1ccc(N2CCOCC2)c([N+](=O)[O-])c1. The highest BCUT2D eigenvalue weighted by molar-refractivity contribution is 5.93. The first kappa shape index (κ1) is 22.0. The number of nitrogens with one attached hydrogen (secondary N) is 1. The summed E-state index contributed by atoms with van der Waals surface area (Å²) in [5.74, 6) is -0.202. The van der Waals surface area contributed by atoms with Gasteiger partial charge in [0, 0.05) is 25.2 Å². The van der Waals surface area contributed by atoms with Crippen molar-refractivity contribution in [2.75, 3.05) is 37.8 Å². The number of carbonyl (C=O) groups excluding carboxylic acids is 2. The lowest BCUT2D eigenvalue weighted by molar-refractivity contribution is -0.384. The van der Waals surface area contributed by atoms with Crippen molar-refractivity contribution in [2.45, 2.75) is 39.2 Å². The van der Waals surface area contributed by atoms with Crippen molar-refractivity contribution in [3.05, 3.63) is 33.9 Å². The normalized spacial score (nSPS) is 24.2. The van der Waals surface area contributed by atoms with Crippen LogP contribution in [0, 0.1) is 22.0 Å². The Balaban J connectivity index is 1.60. The number of morpholine rings is 1. The average molecular weight is 419 g/mol. The standard InChI is InChI=1S/C21H29N3O6/c1-14-4-3-5-17(15(14)2)22-20(25)13-30-21(26)16-6-7-18(19(12-16)24(27)28)23-8-10-29-11-9-23/h6-7,12,14-15,17H,3-5,8-11,13H2,1-2H3,(H,22,25)/t14-,15+,17+/m1/s1. The van der Waals surface area contributed by atoms with Gasteiger partial charge in [-0.1, -0.05) is 26.7 Å². The van der Waals surface area contributed by atoms with Crippen molar-refractivity contribution in [1.82, 2.24) is 5.32 Å². The number of benzene rings is 1. The highest BCUT2D eigenvalue weighted by atomic mass is 16.6. The van der Waals surface area contributed by atoms with Gasteiger partial charge >= 0.3 is 5.97 Å². The lowest BCUT2D eigenvalue weighted by Crippen LogP contribution is -2.45. The van der Waals surface area contributed by atoms with Gasteiger partial charge in [-0.25, -0.2) is 4.79 Å². The molecular weight excluding hydrogens is 390 g/mol. The Labute approximate surface area is 175 Å². The van der Waals surface area contributed by atoms with Crippen LogP contribution in [0.4, 0.5) is 11.4 Å². The third kappa shape index (κ3) is 5.27. The van der Waals surface area contributed by atoms with Gasteiger partial charge in [-0.15, -0.1) is 0 Å². The van der Waals surface area contributed by atoms with Gasteiger partial charge in [0.2, 0.25) is 0 Å². The molecule has 1 saturated carbocycles. The number of ether oxygens (including phenoxy) is 2.